The van der Waals surface area contributed by atoms with E-state index in [9.17, 15) is 9.90 Å². The van der Waals surface area contributed by atoms with Crippen molar-refractivity contribution in [3.63, 3.8) is 0 Å². The number of piperidine rings is 1. The second-order valence-corrected chi connectivity index (χ2v) is 11.4. The first kappa shape index (κ1) is 23.7. The summed E-state index contributed by atoms with van der Waals surface area (Å²) in [6.07, 6.45) is 7.63. The van der Waals surface area contributed by atoms with E-state index in [1.807, 2.05) is 0 Å². The second-order valence-electron chi connectivity index (χ2n) is 11.4. The number of carbonyl (C=O) groups excluding carboxylic acids is 1. The van der Waals surface area contributed by atoms with Crippen LogP contribution in [0.15, 0.2) is 48.5 Å². The summed E-state index contributed by atoms with van der Waals surface area (Å²) >= 11 is 0. The Morgan fingerprint density at radius 3 is 2.61 bits per heavy atom. The van der Waals surface area contributed by atoms with Crippen molar-refractivity contribution in [1.82, 2.24) is 14.8 Å². The summed E-state index contributed by atoms with van der Waals surface area (Å²) in [7, 11) is 2.18. The molecule has 5 heteroatoms. The summed E-state index contributed by atoms with van der Waals surface area (Å²) < 4.78 is 0. The van der Waals surface area contributed by atoms with E-state index in [2.05, 4.69) is 70.4 Å². The van der Waals surface area contributed by atoms with Gasteiger partial charge < -0.3 is 19.9 Å². The van der Waals surface area contributed by atoms with E-state index in [4.69, 9.17) is 0 Å². The van der Waals surface area contributed by atoms with Gasteiger partial charge in [-0.05, 0) is 68.3 Å². The van der Waals surface area contributed by atoms with E-state index in [-0.39, 0.29) is 23.9 Å². The lowest BCUT2D eigenvalue weighted by Crippen LogP contribution is -2.59. The normalized spacial score (nSPS) is 25.7. The fourth-order valence-corrected chi connectivity index (χ4v) is 7.42. The fourth-order valence-electron chi connectivity index (χ4n) is 7.42. The number of amides is 1. The summed E-state index contributed by atoms with van der Waals surface area (Å²) in [4.78, 5) is 22.1. The predicted octanol–water partition coefficient (Wildman–Crippen LogP) is 5.54. The first-order valence-corrected chi connectivity index (χ1v) is 13.9. The number of aromatic amines is 1. The summed E-state index contributed by atoms with van der Waals surface area (Å²) in [6.45, 7) is 3.54. The number of carbonyl (C=O) groups is 1. The van der Waals surface area contributed by atoms with Crippen LogP contribution in [-0.4, -0.2) is 58.1 Å². The van der Waals surface area contributed by atoms with Crippen molar-refractivity contribution in [1.29, 1.82) is 0 Å². The molecule has 1 saturated heterocycles. The molecule has 190 valence electrons. The summed E-state index contributed by atoms with van der Waals surface area (Å²) in [5, 5.41) is 12.1. The van der Waals surface area contributed by atoms with E-state index < -0.39 is 6.10 Å². The van der Waals surface area contributed by atoms with Gasteiger partial charge in [-0.25, -0.2) is 0 Å². The van der Waals surface area contributed by atoms with Gasteiger partial charge in [0.1, 0.15) is 0 Å². The Morgan fingerprint density at radius 2 is 1.86 bits per heavy atom. The number of aliphatic hydroxyl groups is 1. The van der Waals surface area contributed by atoms with Crippen LogP contribution in [0.2, 0.25) is 0 Å². The van der Waals surface area contributed by atoms with Crippen LogP contribution >= 0.6 is 0 Å². The lowest BCUT2D eigenvalue weighted by molar-refractivity contribution is -0.153. The van der Waals surface area contributed by atoms with Crippen molar-refractivity contribution in [2.75, 3.05) is 20.1 Å². The van der Waals surface area contributed by atoms with E-state index in [0.717, 1.165) is 31.4 Å². The minimum absolute atomic E-state index is 0.0334. The van der Waals surface area contributed by atoms with Gasteiger partial charge in [-0.2, -0.15) is 0 Å². The van der Waals surface area contributed by atoms with Crippen LogP contribution in [0, 0.1) is 11.8 Å². The van der Waals surface area contributed by atoms with Gasteiger partial charge >= 0.3 is 0 Å². The topological polar surface area (TPSA) is 59.6 Å². The van der Waals surface area contributed by atoms with Crippen molar-refractivity contribution in [3.8, 4) is 11.1 Å². The highest BCUT2D eigenvalue weighted by atomic mass is 16.3. The smallest absolute Gasteiger partial charge is 0.230 e. The van der Waals surface area contributed by atoms with Crippen molar-refractivity contribution in [2.24, 2.45) is 11.8 Å². The molecule has 3 aromatic rings. The van der Waals surface area contributed by atoms with E-state index in [1.165, 1.54) is 59.9 Å². The Bertz CT molecular complexity index is 1230. The summed E-state index contributed by atoms with van der Waals surface area (Å²) in [5.74, 6) is 0.463. The molecule has 36 heavy (non-hydrogen) atoms. The maximum atomic E-state index is 13.8. The number of nitrogens with zero attached hydrogens (tertiary/aromatic N) is 2. The lowest BCUT2D eigenvalue weighted by atomic mass is 9.78. The summed E-state index contributed by atoms with van der Waals surface area (Å²) in [6, 6.07) is 17.2. The van der Waals surface area contributed by atoms with Gasteiger partial charge in [0.05, 0.1) is 18.1 Å². The molecule has 2 N–H and O–H groups in total. The van der Waals surface area contributed by atoms with E-state index in [0.29, 0.717) is 5.92 Å². The van der Waals surface area contributed by atoms with Gasteiger partial charge in [-0.3, -0.25) is 4.79 Å². The Morgan fingerprint density at radius 1 is 1.08 bits per heavy atom. The zero-order valence-corrected chi connectivity index (χ0v) is 21.6. The van der Waals surface area contributed by atoms with Gasteiger partial charge in [0.2, 0.25) is 5.91 Å². The molecule has 0 spiro atoms. The highest BCUT2D eigenvalue weighted by molar-refractivity contribution is 5.99. The third-order valence-electron chi connectivity index (χ3n) is 9.16. The molecule has 2 aromatic carbocycles. The highest BCUT2D eigenvalue weighted by Gasteiger charge is 2.48. The van der Waals surface area contributed by atoms with Crippen molar-refractivity contribution < 1.29 is 9.90 Å². The van der Waals surface area contributed by atoms with Gasteiger partial charge in [-0.1, -0.05) is 61.7 Å². The molecule has 3 heterocycles. The SMILES string of the molecule is C[C@H](O)[C@@H]1C(=O)N2CCc3c([nH]c4cccc(-c5ccccc5)c34)[C@@H]2C[C@@H]1N(C)CC1CCCCC1. The third kappa shape index (κ3) is 4.06. The van der Waals surface area contributed by atoms with Crippen molar-refractivity contribution in [3.05, 3.63) is 59.8 Å². The molecule has 0 bridgehead atoms. The third-order valence-corrected chi connectivity index (χ3v) is 9.16. The molecule has 1 aromatic heterocycles. The van der Waals surface area contributed by atoms with Crippen molar-refractivity contribution >= 4 is 16.8 Å². The van der Waals surface area contributed by atoms with Crippen LogP contribution < -0.4 is 0 Å². The van der Waals surface area contributed by atoms with Crippen molar-refractivity contribution in [2.45, 2.75) is 70.1 Å². The Hall–Kier alpha value is -2.63. The molecular formula is C31H39N3O2. The van der Waals surface area contributed by atoms with Crippen LogP contribution in [-0.2, 0) is 11.2 Å². The second kappa shape index (κ2) is 9.68. The average molecular weight is 486 g/mol. The Labute approximate surface area is 214 Å². The number of aliphatic hydroxyl groups excluding tert-OH is 1. The minimum Gasteiger partial charge on any atom is -0.393 e. The van der Waals surface area contributed by atoms with Crippen LogP contribution in [0.4, 0.5) is 0 Å². The number of rotatable bonds is 5. The highest BCUT2D eigenvalue weighted by Crippen LogP contribution is 2.45. The molecule has 3 aliphatic rings. The Kier molecular flexibility index (Phi) is 6.38. The minimum atomic E-state index is -0.647. The van der Waals surface area contributed by atoms with Gasteiger partial charge in [0.25, 0.3) is 0 Å². The molecule has 2 aliphatic heterocycles. The maximum absolute atomic E-state index is 13.8. The van der Waals surface area contributed by atoms with Crippen LogP contribution in [0.25, 0.3) is 22.0 Å². The van der Waals surface area contributed by atoms with Gasteiger partial charge in [-0.15, -0.1) is 0 Å². The van der Waals surface area contributed by atoms with Crippen LogP contribution in [0.5, 0.6) is 0 Å². The monoisotopic (exact) mass is 485 g/mol. The fraction of sp³-hybridized carbons (Fsp3) is 0.516. The number of nitrogens with one attached hydrogen (secondary N) is 1. The van der Waals surface area contributed by atoms with Gasteiger partial charge in [0, 0.05) is 35.7 Å². The number of hydrogen-bond acceptors (Lipinski definition) is 3. The number of fused-ring (bicyclic) bond motifs is 5. The molecule has 1 saturated carbocycles. The standard InChI is InChI=1S/C31H39N3O2/c1-20(35)28-26(33(2)19-21-10-5-3-6-11-21)18-27-30-24(16-17-34(27)31(28)36)29-23(14-9-15-25(29)32-30)22-12-7-4-8-13-22/h4,7-9,12-15,20-21,26-28,32,35H,3,5-6,10-11,16-19H2,1-2H3/t20-,26-,27-,28-/m0/s1. The molecular weight excluding hydrogens is 446 g/mol. The number of benzene rings is 2. The maximum Gasteiger partial charge on any atom is 0.230 e. The molecule has 1 amide bonds. The molecule has 0 unspecified atom stereocenters. The number of hydrogen-bond donors (Lipinski definition) is 2. The zero-order chi connectivity index (χ0) is 24.8. The summed E-state index contributed by atoms with van der Waals surface area (Å²) in [5.41, 5.74) is 6.21. The number of H-pyrrole nitrogens is 1. The zero-order valence-electron chi connectivity index (χ0n) is 21.6. The quantitative estimate of drug-likeness (QED) is 0.499. The molecule has 1 aliphatic carbocycles. The average Bonchev–Trinajstić information content (AvgIpc) is 3.29. The molecule has 6 rings (SSSR count). The predicted molar refractivity (Wildman–Crippen MR) is 145 cm³/mol. The molecule has 0 radical (unpaired) electrons. The lowest BCUT2D eigenvalue weighted by Gasteiger charge is -2.49. The van der Waals surface area contributed by atoms with Crippen LogP contribution in [0.1, 0.15) is 62.7 Å². The molecule has 4 atom stereocenters. The molecule has 2 fully saturated rings. The largest absolute Gasteiger partial charge is 0.393 e. The number of aromatic nitrogens is 1. The van der Waals surface area contributed by atoms with E-state index >= 15 is 0 Å². The van der Waals surface area contributed by atoms with E-state index in [1.54, 1.807) is 6.92 Å². The molecule has 5 nitrogen and oxygen atoms in total. The van der Waals surface area contributed by atoms with Crippen LogP contribution in [0.3, 0.4) is 0 Å². The first-order valence-electron chi connectivity index (χ1n) is 13.9. The van der Waals surface area contributed by atoms with Gasteiger partial charge in [0.15, 0.2) is 0 Å². The Balaban J connectivity index is 1.37. The first-order chi connectivity index (χ1) is 17.5.